The zero-order chi connectivity index (χ0) is 17.5. The summed E-state index contributed by atoms with van der Waals surface area (Å²) in [5.41, 5.74) is -0.140. The van der Waals surface area contributed by atoms with Crippen molar-refractivity contribution in [1.82, 2.24) is 5.32 Å². The second-order valence-corrected chi connectivity index (χ2v) is 4.83. The second kappa shape index (κ2) is 7.88. The standard InChI is InChI=1S/C15H13N3O5S/c1-22-15(19)17-14(24)16-12-9-11(7-8-13(12)18(20)21)23-10-5-3-2-4-6-10/h2-9H,1H3,(H2,16,17,19,24). The molecule has 0 aliphatic carbocycles. The normalized spacial score (nSPS) is 9.71. The van der Waals surface area contributed by atoms with Crippen LogP contribution in [0.5, 0.6) is 11.5 Å². The highest BCUT2D eigenvalue weighted by Gasteiger charge is 2.17. The Morgan fingerprint density at radius 3 is 2.50 bits per heavy atom. The third kappa shape index (κ3) is 4.65. The van der Waals surface area contributed by atoms with Gasteiger partial charge >= 0.3 is 6.09 Å². The summed E-state index contributed by atoms with van der Waals surface area (Å²) in [6.07, 6.45) is -0.785. The third-order valence-electron chi connectivity index (χ3n) is 2.79. The lowest BCUT2D eigenvalue weighted by atomic mass is 10.2. The van der Waals surface area contributed by atoms with Crippen molar-refractivity contribution >= 4 is 34.8 Å². The number of carbonyl (C=O) groups is 1. The third-order valence-corrected chi connectivity index (χ3v) is 3.00. The number of hydrogen-bond acceptors (Lipinski definition) is 6. The maximum absolute atomic E-state index is 11.1. The number of hydrogen-bond donors (Lipinski definition) is 2. The Kier molecular flexibility index (Phi) is 5.63. The number of thiocarbonyl (C=S) groups is 1. The van der Waals surface area contributed by atoms with Gasteiger partial charge in [0.15, 0.2) is 5.11 Å². The van der Waals surface area contributed by atoms with Gasteiger partial charge in [0.1, 0.15) is 17.2 Å². The molecular weight excluding hydrogens is 334 g/mol. The van der Waals surface area contributed by atoms with Gasteiger partial charge in [-0.2, -0.15) is 0 Å². The van der Waals surface area contributed by atoms with E-state index in [1.165, 1.54) is 25.3 Å². The van der Waals surface area contributed by atoms with E-state index in [2.05, 4.69) is 15.4 Å². The van der Waals surface area contributed by atoms with Crippen molar-refractivity contribution < 1.29 is 19.2 Å². The van der Waals surface area contributed by atoms with Crippen LogP contribution in [0.3, 0.4) is 0 Å². The molecule has 0 spiro atoms. The molecule has 8 nitrogen and oxygen atoms in total. The van der Waals surface area contributed by atoms with E-state index < -0.39 is 11.0 Å². The van der Waals surface area contributed by atoms with Crippen molar-refractivity contribution in [3.63, 3.8) is 0 Å². The molecule has 2 aromatic carbocycles. The summed E-state index contributed by atoms with van der Waals surface area (Å²) >= 11 is 4.91. The molecule has 124 valence electrons. The van der Waals surface area contributed by atoms with Gasteiger partial charge in [0.05, 0.1) is 12.0 Å². The molecule has 0 atom stereocenters. The van der Waals surface area contributed by atoms with Crippen LogP contribution in [0.1, 0.15) is 0 Å². The van der Waals surface area contributed by atoms with Gasteiger partial charge in [-0.15, -0.1) is 0 Å². The maximum Gasteiger partial charge on any atom is 0.413 e. The number of carbonyl (C=O) groups excluding carboxylic acids is 1. The van der Waals surface area contributed by atoms with Gasteiger partial charge in [-0.1, -0.05) is 18.2 Å². The average Bonchev–Trinajstić information content (AvgIpc) is 2.55. The lowest BCUT2D eigenvalue weighted by Gasteiger charge is -2.11. The summed E-state index contributed by atoms with van der Waals surface area (Å²) in [6, 6.07) is 13.1. The molecule has 0 aromatic heterocycles. The fourth-order valence-electron chi connectivity index (χ4n) is 1.76. The Morgan fingerprint density at radius 2 is 1.88 bits per heavy atom. The van der Waals surface area contributed by atoms with Crippen molar-refractivity contribution in [1.29, 1.82) is 0 Å². The van der Waals surface area contributed by atoms with Crippen LogP contribution in [0.4, 0.5) is 16.2 Å². The van der Waals surface area contributed by atoms with E-state index in [0.29, 0.717) is 11.5 Å². The minimum absolute atomic E-state index is 0.0786. The number of amides is 1. The molecule has 9 heteroatoms. The van der Waals surface area contributed by atoms with Crippen molar-refractivity contribution in [3.8, 4) is 11.5 Å². The minimum atomic E-state index is -0.785. The number of nitro benzene ring substituents is 1. The number of alkyl carbamates (subject to hydrolysis) is 1. The van der Waals surface area contributed by atoms with Crippen LogP contribution >= 0.6 is 12.2 Å². The highest BCUT2D eigenvalue weighted by atomic mass is 32.1. The van der Waals surface area contributed by atoms with Crippen LogP contribution < -0.4 is 15.4 Å². The van der Waals surface area contributed by atoms with Crippen LogP contribution in [0.25, 0.3) is 0 Å². The first-order valence-electron chi connectivity index (χ1n) is 6.67. The van der Waals surface area contributed by atoms with Crippen LogP contribution in [-0.2, 0) is 4.74 Å². The predicted molar refractivity (Wildman–Crippen MR) is 91.4 cm³/mol. The molecule has 0 aliphatic heterocycles. The number of nitrogens with one attached hydrogen (secondary N) is 2. The first kappa shape index (κ1) is 17.2. The number of methoxy groups -OCH3 is 1. The van der Waals surface area contributed by atoms with Gasteiger partial charge in [0.2, 0.25) is 0 Å². The molecule has 0 saturated carbocycles. The lowest BCUT2D eigenvalue weighted by molar-refractivity contribution is -0.383. The second-order valence-electron chi connectivity index (χ2n) is 4.42. The molecule has 0 fully saturated rings. The van der Waals surface area contributed by atoms with E-state index in [-0.39, 0.29) is 16.5 Å². The van der Waals surface area contributed by atoms with Crippen LogP contribution in [0.15, 0.2) is 48.5 Å². The Hall–Kier alpha value is -3.20. The Labute approximate surface area is 142 Å². The van der Waals surface area contributed by atoms with Gasteiger partial charge in [-0.3, -0.25) is 15.4 Å². The first-order valence-corrected chi connectivity index (χ1v) is 7.07. The summed E-state index contributed by atoms with van der Waals surface area (Å²) < 4.78 is 10.0. The predicted octanol–water partition coefficient (Wildman–Crippen LogP) is 3.44. The topological polar surface area (TPSA) is 103 Å². The summed E-state index contributed by atoms with van der Waals surface area (Å²) in [5.74, 6) is 0.947. The quantitative estimate of drug-likeness (QED) is 0.496. The number of para-hydroxylation sites is 1. The van der Waals surface area contributed by atoms with E-state index in [0.717, 1.165) is 0 Å². The van der Waals surface area contributed by atoms with E-state index >= 15 is 0 Å². The fraction of sp³-hybridized carbons (Fsp3) is 0.0667. The van der Waals surface area contributed by atoms with Crippen molar-refractivity contribution in [2.45, 2.75) is 0 Å². The van der Waals surface area contributed by atoms with E-state index in [1.54, 1.807) is 24.3 Å². The van der Waals surface area contributed by atoms with Crippen LogP contribution in [0.2, 0.25) is 0 Å². The smallest absolute Gasteiger partial charge is 0.413 e. The van der Waals surface area contributed by atoms with Crippen molar-refractivity contribution in [2.75, 3.05) is 12.4 Å². The average molecular weight is 347 g/mol. The molecule has 2 N–H and O–H groups in total. The molecule has 0 unspecified atom stereocenters. The number of anilines is 1. The zero-order valence-corrected chi connectivity index (χ0v) is 13.3. The van der Waals surface area contributed by atoms with E-state index in [4.69, 9.17) is 17.0 Å². The minimum Gasteiger partial charge on any atom is -0.457 e. The van der Waals surface area contributed by atoms with Gasteiger partial charge in [-0.25, -0.2) is 4.79 Å². The zero-order valence-electron chi connectivity index (χ0n) is 12.5. The fourth-order valence-corrected chi connectivity index (χ4v) is 1.95. The Morgan fingerprint density at radius 1 is 1.17 bits per heavy atom. The molecule has 1 amide bonds. The molecule has 0 saturated heterocycles. The van der Waals surface area contributed by atoms with E-state index in [1.807, 2.05) is 6.07 Å². The molecule has 2 rings (SSSR count). The number of nitro groups is 1. The summed E-state index contributed by atoms with van der Waals surface area (Å²) in [6.45, 7) is 0. The molecular formula is C15H13N3O5S. The Bertz CT molecular complexity index is 767. The van der Waals surface area contributed by atoms with Gasteiger partial charge < -0.3 is 14.8 Å². The molecule has 0 heterocycles. The maximum atomic E-state index is 11.1. The molecule has 24 heavy (non-hydrogen) atoms. The first-order chi connectivity index (χ1) is 11.5. The summed E-state index contributed by atoms with van der Waals surface area (Å²) in [7, 11) is 1.18. The molecule has 0 radical (unpaired) electrons. The molecule has 0 aliphatic rings. The Balaban J connectivity index is 2.23. The van der Waals surface area contributed by atoms with Gasteiger partial charge in [0.25, 0.3) is 5.69 Å². The molecule has 2 aromatic rings. The number of ether oxygens (including phenoxy) is 2. The van der Waals surface area contributed by atoms with Gasteiger partial charge in [-0.05, 0) is 30.4 Å². The number of nitrogens with zero attached hydrogens (tertiary/aromatic N) is 1. The largest absolute Gasteiger partial charge is 0.457 e. The number of rotatable bonds is 4. The van der Waals surface area contributed by atoms with Gasteiger partial charge in [0, 0.05) is 12.1 Å². The highest BCUT2D eigenvalue weighted by Crippen LogP contribution is 2.31. The SMILES string of the molecule is COC(=O)NC(=S)Nc1cc(Oc2ccccc2)ccc1[N+](=O)[O-]. The van der Waals surface area contributed by atoms with Crippen LogP contribution in [0, 0.1) is 10.1 Å². The van der Waals surface area contributed by atoms with Crippen molar-refractivity contribution in [3.05, 3.63) is 58.6 Å². The monoisotopic (exact) mass is 347 g/mol. The highest BCUT2D eigenvalue weighted by molar-refractivity contribution is 7.80. The summed E-state index contributed by atoms with van der Waals surface area (Å²) in [5, 5.41) is 15.8. The number of benzene rings is 2. The summed E-state index contributed by atoms with van der Waals surface area (Å²) in [4.78, 5) is 21.7. The lowest BCUT2D eigenvalue weighted by Crippen LogP contribution is -2.34. The van der Waals surface area contributed by atoms with Crippen LogP contribution in [-0.4, -0.2) is 23.2 Å². The van der Waals surface area contributed by atoms with E-state index in [9.17, 15) is 14.9 Å². The molecule has 0 bridgehead atoms. The van der Waals surface area contributed by atoms with Crippen molar-refractivity contribution in [2.24, 2.45) is 0 Å².